The standard InChI is InChI=1S/C11H11NO3/c1-8(13)7-15-11(14)10-4-2-9(6-12)3-5-10/h2-5,8,13H,7H2,1H3. The van der Waals surface area contributed by atoms with Crippen molar-refractivity contribution in [3.8, 4) is 6.07 Å². The van der Waals surface area contributed by atoms with E-state index in [1.165, 1.54) is 19.1 Å². The summed E-state index contributed by atoms with van der Waals surface area (Å²) in [7, 11) is 0. The molecule has 1 unspecified atom stereocenters. The molecule has 0 fully saturated rings. The molecular formula is C11H11NO3. The van der Waals surface area contributed by atoms with Crippen LogP contribution in [0.25, 0.3) is 0 Å². The molecule has 0 saturated heterocycles. The molecule has 4 heteroatoms. The molecule has 0 amide bonds. The monoisotopic (exact) mass is 205 g/mol. The molecule has 0 aliphatic heterocycles. The van der Waals surface area contributed by atoms with Crippen LogP contribution in [-0.4, -0.2) is 23.8 Å². The second-order valence-corrected chi connectivity index (χ2v) is 3.14. The first-order valence-electron chi connectivity index (χ1n) is 4.49. The van der Waals surface area contributed by atoms with Gasteiger partial charge in [-0.1, -0.05) is 0 Å². The van der Waals surface area contributed by atoms with Gasteiger partial charge in [0.1, 0.15) is 6.61 Å². The van der Waals surface area contributed by atoms with E-state index in [1.807, 2.05) is 6.07 Å². The molecule has 0 heterocycles. The third kappa shape index (κ3) is 3.41. The van der Waals surface area contributed by atoms with Crippen molar-refractivity contribution in [3.05, 3.63) is 35.4 Å². The maximum absolute atomic E-state index is 11.3. The number of nitriles is 1. The molecule has 78 valence electrons. The lowest BCUT2D eigenvalue weighted by Gasteiger charge is -2.06. The summed E-state index contributed by atoms with van der Waals surface area (Å²) in [6, 6.07) is 8.07. The predicted octanol–water partition coefficient (Wildman–Crippen LogP) is 1.10. The number of benzene rings is 1. The molecular weight excluding hydrogens is 194 g/mol. The van der Waals surface area contributed by atoms with E-state index in [-0.39, 0.29) is 6.61 Å². The minimum atomic E-state index is -0.674. The lowest BCUT2D eigenvalue weighted by atomic mass is 10.1. The van der Waals surface area contributed by atoms with E-state index in [0.29, 0.717) is 11.1 Å². The molecule has 0 radical (unpaired) electrons. The van der Waals surface area contributed by atoms with E-state index in [4.69, 9.17) is 15.1 Å². The number of aliphatic hydroxyl groups is 1. The Labute approximate surface area is 87.7 Å². The SMILES string of the molecule is CC(O)COC(=O)c1ccc(C#N)cc1. The van der Waals surface area contributed by atoms with E-state index in [1.54, 1.807) is 12.1 Å². The summed E-state index contributed by atoms with van der Waals surface area (Å²) in [5.41, 5.74) is 0.858. The van der Waals surface area contributed by atoms with Crippen LogP contribution in [0.1, 0.15) is 22.8 Å². The molecule has 1 aromatic carbocycles. The highest BCUT2D eigenvalue weighted by atomic mass is 16.5. The first-order chi connectivity index (χ1) is 7.13. The van der Waals surface area contributed by atoms with Gasteiger partial charge in [0, 0.05) is 0 Å². The van der Waals surface area contributed by atoms with Gasteiger partial charge in [-0.25, -0.2) is 4.79 Å². The number of ether oxygens (including phenoxy) is 1. The topological polar surface area (TPSA) is 70.3 Å². The number of aliphatic hydroxyl groups excluding tert-OH is 1. The van der Waals surface area contributed by atoms with Gasteiger partial charge in [-0.2, -0.15) is 5.26 Å². The number of rotatable bonds is 3. The number of hydrogen-bond acceptors (Lipinski definition) is 4. The van der Waals surface area contributed by atoms with Gasteiger partial charge in [-0.15, -0.1) is 0 Å². The number of hydrogen-bond donors (Lipinski definition) is 1. The minimum absolute atomic E-state index is 0.0289. The van der Waals surface area contributed by atoms with Gasteiger partial charge in [0.05, 0.1) is 23.3 Å². The fraction of sp³-hybridized carbons (Fsp3) is 0.273. The van der Waals surface area contributed by atoms with Gasteiger partial charge in [-0.3, -0.25) is 0 Å². The van der Waals surface area contributed by atoms with Crippen LogP contribution in [0.3, 0.4) is 0 Å². The summed E-state index contributed by atoms with van der Waals surface area (Å²) in [4.78, 5) is 11.3. The first kappa shape index (κ1) is 11.2. The Bertz CT molecular complexity index is 376. The maximum atomic E-state index is 11.3. The van der Waals surface area contributed by atoms with Gasteiger partial charge in [0.2, 0.25) is 0 Å². The van der Waals surface area contributed by atoms with Crippen molar-refractivity contribution in [2.75, 3.05) is 6.61 Å². The molecule has 1 N–H and O–H groups in total. The number of carbonyl (C=O) groups is 1. The summed E-state index contributed by atoms with van der Waals surface area (Å²) >= 11 is 0. The summed E-state index contributed by atoms with van der Waals surface area (Å²) in [6.45, 7) is 1.50. The van der Waals surface area contributed by atoms with Gasteiger partial charge in [0.25, 0.3) is 0 Å². The molecule has 15 heavy (non-hydrogen) atoms. The fourth-order valence-corrected chi connectivity index (χ4v) is 0.960. The normalized spacial score (nSPS) is 11.5. The second kappa shape index (κ2) is 5.13. The molecule has 1 rings (SSSR count). The lowest BCUT2D eigenvalue weighted by molar-refractivity contribution is 0.0296. The van der Waals surface area contributed by atoms with Crippen molar-refractivity contribution in [1.82, 2.24) is 0 Å². The molecule has 1 aromatic rings. The predicted molar refractivity (Wildman–Crippen MR) is 53.1 cm³/mol. The van der Waals surface area contributed by atoms with Crippen molar-refractivity contribution in [2.45, 2.75) is 13.0 Å². The molecule has 0 aromatic heterocycles. The molecule has 0 saturated carbocycles. The quantitative estimate of drug-likeness (QED) is 0.750. The summed E-state index contributed by atoms with van der Waals surface area (Å²) < 4.78 is 4.79. The van der Waals surface area contributed by atoms with Gasteiger partial charge < -0.3 is 9.84 Å². The summed E-state index contributed by atoms with van der Waals surface area (Å²) in [6.07, 6.45) is -0.674. The highest BCUT2D eigenvalue weighted by Gasteiger charge is 2.07. The maximum Gasteiger partial charge on any atom is 0.338 e. The van der Waals surface area contributed by atoms with Crippen molar-refractivity contribution in [3.63, 3.8) is 0 Å². The second-order valence-electron chi connectivity index (χ2n) is 3.14. The van der Waals surface area contributed by atoms with Crippen molar-refractivity contribution < 1.29 is 14.6 Å². The van der Waals surface area contributed by atoms with Crippen LogP contribution in [0.5, 0.6) is 0 Å². The van der Waals surface area contributed by atoms with Crippen molar-refractivity contribution in [2.24, 2.45) is 0 Å². The highest BCUT2D eigenvalue weighted by Crippen LogP contribution is 2.05. The zero-order valence-electron chi connectivity index (χ0n) is 8.30. The first-order valence-corrected chi connectivity index (χ1v) is 4.49. The molecule has 0 aliphatic carbocycles. The Morgan fingerprint density at radius 2 is 2.13 bits per heavy atom. The van der Waals surface area contributed by atoms with Gasteiger partial charge >= 0.3 is 5.97 Å². The Hall–Kier alpha value is -1.86. The smallest absolute Gasteiger partial charge is 0.338 e. The van der Waals surface area contributed by atoms with Gasteiger partial charge in [-0.05, 0) is 31.2 Å². The van der Waals surface area contributed by atoms with E-state index in [0.717, 1.165) is 0 Å². The summed E-state index contributed by atoms with van der Waals surface area (Å²) in [5.74, 6) is -0.500. The number of nitrogens with zero attached hydrogens (tertiary/aromatic N) is 1. The van der Waals surface area contributed by atoms with Crippen LogP contribution in [0.15, 0.2) is 24.3 Å². The van der Waals surface area contributed by atoms with Crippen LogP contribution in [0.2, 0.25) is 0 Å². The van der Waals surface area contributed by atoms with Crippen LogP contribution >= 0.6 is 0 Å². The average molecular weight is 205 g/mol. The van der Waals surface area contributed by atoms with E-state index < -0.39 is 12.1 Å². The largest absolute Gasteiger partial charge is 0.459 e. The van der Waals surface area contributed by atoms with Crippen LogP contribution in [0, 0.1) is 11.3 Å². The van der Waals surface area contributed by atoms with Crippen LogP contribution < -0.4 is 0 Å². The average Bonchev–Trinajstić information content (AvgIpc) is 2.26. The van der Waals surface area contributed by atoms with Crippen molar-refractivity contribution >= 4 is 5.97 Å². The Kier molecular flexibility index (Phi) is 3.83. The molecule has 0 spiro atoms. The van der Waals surface area contributed by atoms with Crippen LogP contribution in [-0.2, 0) is 4.74 Å². The fourth-order valence-electron chi connectivity index (χ4n) is 0.960. The zero-order chi connectivity index (χ0) is 11.3. The third-order valence-corrected chi connectivity index (χ3v) is 1.71. The van der Waals surface area contributed by atoms with Crippen LogP contribution in [0.4, 0.5) is 0 Å². The molecule has 0 bridgehead atoms. The lowest BCUT2D eigenvalue weighted by Crippen LogP contribution is -2.15. The van der Waals surface area contributed by atoms with Crippen molar-refractivity contribution in [1.29, 1.82) is 5.26 Å². The number of carbonyl (C=O) groups excluding carboxylic acids is 1. The Balaban J connectivity index is 2.63. The van der Waals surface area contributed by atoms with E-state index in [9.17, 15) is 4.79 Å². The number of esters is 1. The minimum Gasteiger partial charge on any atom is -0.459 e. The van der Waals surface area contributed by atoms with Gasteiger partial charge in [0.15, 0.2) is 0 Å². The van der Waals surface area contributed by atoms with E-state index in [2.05, 4.69) is 0 Å². The molecule has 1 atom stereocenters. The Morgan fingerprint density at radius 3 is 2.60 bits per heavy atom. The zero-order valence-corrected chi connectivity index (χ0v) is 8.30. The van der Waals surface area contributed by atoms with E-state index >= 15 is 0 Å². The molecule has 0 aliphatic rings. The Morgan fingerprint density at radius 1 is 1.53 bits per heavy atom. The highest BCUT2D eigenvalue weighted by molar-refractivity contribution is 5.89. The third-order valence-electron chi connectivity index (χ3n) is 1.71. The molecule has 4 nitrogen and oxygen atoms in total. The summed E-state index contributed by atoms with van der Waals surface area (Å²) in [5, 5.41) is 17.5.